The number of halogens is 3. The van der Waals surface area contributed by atoms with Crippen LogP contribution >= 0.6 is 0 Å². The van der Waals surface area contributed by atoms with Crippen LogP contribution in [0.5, 0.6) is 11.5 Å². The summed E-state index contributed by atoms with van der Waals surface area (Å²) in [6.45, 7) is -0.0221. The Balaban J connectivity index is 1.54. The van der Waals surface area contributed by atoms with Crippen molar-refractivity contribution in [2.75, 3.05) is 24.4 Å². The summed E-state index contributed by atoms with van der Waals surface area (Å²) in [6, 6.07) is 11.1. The average Bonchev–Trinajstić information content (AvgIpc) is 3.77. The maximum Gasteiger partial charge on any atom is 0.242 e. The fourth-order valence-corrected chi connectivity index (χ4v) is 4.83. The number of ether oxygens (including phenoxy) is 2. The van der Waals surface area contributed by atoms with Crippen LogP contribution in [0.1, 0.15) is 35.1 Å². The molecule has 0 radical (unpaired) electrons. The van der Waals surface area contributed by atoms with E-state index in [2.05, 4.69) is 10.3 Å². The SMILES string of the molecule is COc1ccc(CN(C(=O)C2CC2)c2nc(NCc3c(F)cc(C#N)cc3CC(F)F)cc3c2ncn3C)c(OC)c1. The van der Waals surface area contributed by atoms with Gasteiger partial charge in [0.15, 0.2) is 5.82 Å². The maximum atomic E-state index is 15.0. The van der Waals surface area contributed by atoms with Gasteiger partial charge in [0.1, 0.15) is 28.7 Å². The van der Waals surface area contributed by atoms with Gasteiger partial charge in [-0.25, -0.2) is 23.1 Å². The van der Waals surface area contributed by atoms with Gasteiger partial charge in [0, 0.05) is 49.2 Å². The number of fused-ring (bicyclic) bond motifs is 1. The van der Waals surface area contributed by atoms with E-state index in [1.165, 1.54) is 13.2 Å². The van der Waals surface area contributed by atoms with Gasteiger partial charge in [-0.15, -0.1) is 0 Å². The predicted octanol–water partition coefficient (Wildman–Crippen LogP) is 5.36. The van der Waals surface area contributed by atoms with Crippen LogP contribution in [0.15, 0.2) is 42.7 Å². The molecule has 218 valence electrons. The molecule has 2 aromatic heterocycles. The van der Waals surface area contributed by atoms with Crippen molar-refractivity contribution in [2.24, 2.45) is 13.0 Å². The molecule has 1 N–H and O–H groups in total. The van der Waals surface area contributed by atoms with Gasteiger partial charge in [-0.3, -0.25) is 9.69 Å². The fraction of sp³-hybridized carbons (Fsp3) is 0.333. The lowest BCUT2D eigenvalue weighted by atomic mass is 10.0. The van der Waals surface area contributed by atoms with Crippen molar-refractivity contribution < 1.29 is 27.4 Å². The van der Waals surface area contributed by atoms with Crippen LogP contribution in [-0.2, 0) is 31.4 Å². The second-order valence-electron chi connectivity index (χ2n) is 10.1. The van der Waals surface area contributed by atoms with Crippen LogP contribution in [0.3, 0.4) is 0 Å². The first kappa shape index (κ1) is 28.7. The third-order valence-electron chi connectivity index (χ3n) is 7.20. The van der Waals surface area contributed by atoms with Crippen molar-refractivity contribution in [3.8, 4) is 17.6 Å². The zero-order valence-corrected chi connectivity index (χ0v) is 23.3. The molecule has 5 rings (SSSR count). The Morgan fingerprint density at radius 2 is 1.98 bits per heavy atom. The first-order valence-corrected chi connectivity index (χ1v) is 13.3. The Hall–Kier alpha value is -4.79. The number of pyridine rings is 1. The summed E-state index contributed by atoms with van der Waals surface area (Å²) >= 11 is 0. The van der Waals surface area contributed by atoms with Gasteiger partial charge in [-0.2, -0.15) is 5.26 Å². The molecule has 2 heterocycles. The third kappa shape index (κ3) is 5.95. The largest absolute Gasteiger partial charge is 0.497 e. The van der Waals surface area contributed by atoms with Gasteiger partial charge in [0.05, 0.1) is 44.2 Å². The smallest absolute Gasteiger partial charge is 0.242 e. The van der Waals surface area contributed by atoms with Gasteiger partial charge in [0.25, 0.3) is 0 Å². The number of nitrogens with one attached hydrogen (secondary N) is 1. The first-order chi connectivity index (χ1) is 20.2. The number of rotatable bonds is 11. The zero-order chi connectivity index (χ0) is 30.0. The predicted molar refractivity (Wildman–Crippen MR) is 150 cm³/mol. The quantitative estimate of drug-likeness (QED) is 0.256. The molecule has 0 spiro atoms. The average molecular weight is 579 g/mol. The molecule has 2 aromatic carbocycles. The molecule has 4 aromatic rings. The number of hydrogen-bond acceptors (Lipinski definition) is 7. The monoisotopic (exact) mass is 578 g/mol. The molecule has 1 amide bonds. The molecule has 0 bridgehead atoms. The van der Waals surface area contributed by atoms with Gasteiger partial charge in [-0.1, -0.05) is 0 Å². The number of nitriles is 1. The first-order valence-electron chi connectivity index (χ1n) is 13.3. The number of alkyl halides is 2. The molecule has 9 nitrogen and oxygen atoms in total. The Morgan fingerprint density at radius 1 is 1.19 bits per heavy atom. The lowest BCUT2D eigenvalue weighted by Gasteiger charge is -2.24. The Labute approximate surface area is 240 Å². The molecule has 0 atom stereocenters. The van der Waals surface area contributed by atoms with E-state index in [1.54, 1.807) is 54.2 Å². The lowest BCUT2D eigenvalue weighted by molar-refractivity contribution is -0.119. The minimum Gasteiger partial charge on any atom is -0.497 e. The molecule has 1 aliphatic carbocycles. The molecular weight excluding hydrogens is 549 g/mol. The van der Waals surface area contributed by atoms with Crippen molar-refractivity contribution in [2.45, 2.75) is 38.8 Å². The van der Waals surface area contributed by atoms with E-state index >= 15 is 0 Å². The molecule has 12 heteroatoms. The number of aromatic nitrogens is 3. The Bertz CT molecular complexity index is 1680. The number of anilines is 2. The molecular formula is C30H29F3N6O3. The number of carbonyl (C=O) groups is 1. The number of aryl methyl sites for hydroxylation is 1. The second kappa shape index (κ2) is 12.0. The summed E-state index contributed by atoms with van der Waals surface area (Å²) in [5.41, 5.74) is 1.89. The minimum absolute atomic E-state index is 0.0108. The van der Waals surface area contributed by atoms with Crippen molar-refractivity contribution in [1.82, 2.24) is 14.5 Å². The summed E-state index contributed by atoms with van der Waals surface area (Å²) in [7, 11) is 4.89. The van der Waals surface area contributed by atoms with Gasteiger partial charge in [-0.05, 0) is 42.7 Å². The molecule has 1 saturated carbocycles. The Kier molecular flexibility index (Phi) is 8.20. The van der Waals surface area contributed by atoms with E-state index in [9.17, 15) is 23.2 Å². The highest BCUT2D eigenvalue weighted by molar-refractivity contribution is 6.02. The third-order valence-corrected chi connectivity index (χ3v) is 7.20. The standard InChI is InChI=1S/C30H29F3N6O3/c1-38-16-36-28-24(38)12-27(35-14-22-20(10-26(32)33)8-17(13-34)9-23(22)31)37-29(28)39(30(40)18-4-5-18)15-19-6-7-21(41-2)11-25(19)42-3/h6-9,11-12,16,18,26H,4-5,10,14-15H2,1-3H3,(H,35,37). The van der Waals surface area contributed by atoms with E-state index in [4.69, 9.17) is 14.5 Å². The number of imidazole rings is 1. The van der Waals surface area contributed by atoms with Crippen molar-refractivity contribution in [3.63, 3.8) is 0 Å². The molecule has 1 aliphatic rings. The van der Waals surface area contributed by atoms with Crippen LogP contribution in [0.4, 0.5) is 24.8 Å². The van der Waals surface area contributed by atoms with E-state index < -0.39 is 18.7 Å². The van der Waals surface area contributed by atoms with Crippen molar-refractivity contribution in [3.05, 3.63) is 70.8 Å². The molecule has 0 saturated heterocycles. The summed E-state index contributed by atoms with van der Waals surface area (Å²) in [5.74, 6) is 0.724. The molecule has 1 fully saturated rings. The number of nitrogens with zero attached hydrogens (tertiary/aromatic N) is 5. The van der Waals surface area contributed by atoms with E-state index in [1.807, 2.05) is 6.07 Å². The molecule has 0 aliphatic heterocycles. The highest BCUT2D eigenvalue weighted by Crippen LogP contribution is 2.37. The van der Waals surface area contributed by atoms with Gasteiger partial charge < -0.3 is 19.4 Å². The second-order valence-corrected chi connectivity index (χ2v) is 10.1. The number of methoxy groups -OCH3 is 2. The van der Waals surface area contributed by atoms with Crippen molar-refractivity contribution in [1.29, 1.82) is 5.26 Å². The molecule has 0 unspecified atom stereocenters. The van der Waals surface area contributed by atoms with Crippen LogP contribution < -0.4 is 19.7 Å². The molecule has 42 heavy (non-hydrogen) atoms. The van der Waals surface area contributed by atoms with E-state index in [0.29, 0.717) is 34.2 Å². The van der Waals surface area contributed by atoms with Crippen LogP contribution in [0.2, 0.25) is 0 Å². The Morgan fingerprint density at radius 3 is 2.64 bits per heavy atom. The normalized spacial score (nSPS) is 12.8. The summed E-state index contributed by atoms with van der Waals surface area (Å²) in [5, 5.41) is 12.2. The van der Waals surface area contributed by atoms with Crippen LogP contribution in [0, 0.1) is 23.1 Å². The summed E-state index contributed by atoms with van der Waals surface area (Å²) < 4.78 is 54.2. The van der Waals surface area contributed by atoms with Crippen LogP contribution in [0.25, 0.3) is 11.0 Å². The number of hydrogen-bond donors (Lipinski definition) is 1. The number of benzene rings is 2. The van der Waals surface area contributed by atoms with E-state index in [0.717, 1.165) is 24.5 Å². The maximum absolute atomic E-state index is 15.0. The number of carbonyl (C=O) groups excluding carboxylic acids is 1. The lowest BCUT2D eigenvalue weighted by Crippen LogP contribution is -2.33. The summed E-state index contributed by atoms with van der Waals surface area (Å²) in [4.78, 5) is 24.5. The fourth-order valence-electron chi connectivity index (χ4n) is 4.83. The minimum atomic E-state index is -2.72. The topological polar surface area (TPSA) is 105 Å². The van der Waals surface area contributed by atoms with Gasteiger partial charge >= 0.3 is 0 Å². The summed E-state index contributed by atoms with van der Waals surface area (Å²) in [6.07, 6.45) is -0.276. The highest BCUT2D eigenvalue weighted by atomic mass is 19.3. The van der Waals surface area contributed by atoms with Gasteiger partial charge in [0.2, 0.25) is 12.3 Å². The van der Waals surface area contributed by atoms with E-state index in [-0.39, 0.29) is 41.6 Å². The highest BCUT2D eigenvalue weighted by Gasteiger charge is 2.36. The van der Waals surface area contributed by atoms with Crippen molar-refractivity contribution >= 4 is 28.6 Å². The number of amides is 1. The zero-order valence-electron chi connectivity index (χ0n) is 23.3. The van der Waals surface area contributed by atoms with Crippen LogP contribution in [-0.4, -0.2) is 41.1 Å².